The number of oxazole rings is 1. The minimum Gasteiger partial charge on any atom is -0.486 e. The molecule has 2 heterocycles. The zero-order chi connectivity index (χ0) is 25.4. The van der Waals surface area contributed by atoms with Crippen LogP contribution in [0, 0.1) is 19.7 Å². The molecule has 192 valence electrons. The number of benzene rings is 2. The minimum absolute atomic E-state index is 0.116. The van der Waals surface area contributed by atoms with Gasteiger partial charge >= 0.3 is 0 Å². The van der Waals surface area contributed by atoms with E-state index in [0.29, 0.717) is 35.6 Å². The molecule has 5 nitrogen and oxygen atoms in total. The van der Waals surface area contributed by atoms with E-state index in [-0.39, 0.29) is 17.8 Å². The lowest BCUT2D eigenvalue weighted by Crippen LogP contribution is -2.57. The number of likely N-dealkylation sites (tertiary alicyclic amines) is 1. The van der Waals surface area contributed by atoms with Crippen molar-refractivity contribution in [2.24, 2.45) is 0 Å². The van der Waals surface area contributed by atoms with Crippen LogP contribution in [0.4, 0.5) is 4.39 Å². The Labute approximate surface area is 213 Å². The van der Waals surface area contributed by atoms with Gasteiger partial charge in [-0.1, -0.05) is 38.5 Å². The van der Waals surface area contributed by atoms with Crippen LogP contribution in [0.15, 0.2) is 35.3 Å². The summed E-state index contributed by atoms with van der Waals surface area (Å²) < 4.78 is 32.5. The molecular formula is C30H37FN2O3. The second-order valence-electron chi connectivity index (χ2n) is 10.6. The Morgan fingerprint density at radius 2 is 1.86 bits per heavy atom. The van der Waals surface area contributed by atoms with Gasteiger partial charge in [-0.05, 0) is 67.9 Å². The molecular weight excluding hydrogens is 455 g/mol. The van der Waals surface area contributed by atoms with E-state index < -0.39 is 0 Å². The van der Waals surface area contributed by atoms with Crippen molar-refractivity contribution in [1.29, 1.82) is 0 Å². The molecule has 2 aliphatic rings. The van der Waals surface area contributed by atoms with Crippen molar-refractivity contribution >= 4 is 16.7 Å². The van der Waals surface area contributed by atoms with Crippen molar-refractivity contribution in [3.8, 4) is 11.5 Å². The Hall–Kier alpha value is -2.86. The van der Waals surface area contributed by atoms with Crippen LogP contribution in [0.1, 0.15) is 74.5 Å². The number of halogens is 1. The fourth-order valence-corrected chi connectivity index (χ4v) is 5.67. The summed E-state index contributed by atoms with van der Waals surface area (Å²) in [6.07, 6.45) is 6.15. The first kappa shape index (κ1) is 24.8. The van der Waals surface area contributed by atoms with Crippen LogP contribution in [0.25, 0.3) is 16.7 Å². The fraction of sp³-hybridized carbons (Fsp3) is 0.500. The second-order valence-corrected chi connectivity index (χ2v) is 10.6. The predicted molar refractivity (Wildman–Crippen MR) is 141 cm³/mol. The fourth-order valence-electron chi connectivity index (χ4n) is 5.67. The summed E-state index contributed by atoms with van der Waals surface area (Å²) in [5.74, 6) is 1.92. The summed E-state index contributed by atoms with van der Waals surface area (Å²) in [5, 5.41) is 0. The Morgan fingerprint density at radius 1 is 1.17 bits per heavy atom. The molecule has 0 bridgehead atoms. The Morgan fingerprint density at radius 3 is 2.53 bits per heavy atom. The molecule has 1 unspecified atom stereocenters. The van der Waals surface area contributed by atoms with Crippen LogP contribution in [-0.2, 0) is 0 Å². The van der Waals surface area contributed by atoms with E-state index in [1.807, 2.05) is 32.9 Å². The molecule has 1 aromatic heterocycles. The Bertz CT molecular complexity index is 1240. The number of aromatic nitrogens is 1. The van der Waals surface area contributed by atoms with Crippen LogP contribution in [0.3, 0.4) is 0 Å². The highest BCUT2D eigenvalue weighted by molar-refractivity contribution is 5.92. The van der Waals surface area contributed by atoms with E-state index in [0.717, 1.165) is 47.3 Å². The van der Waals surface area contributed by atoms with Gasteiger partial charge in [0.15, 0.2) is 11.6 Å². The summed E-state index contributed by atoms with van der Waals surface area (Å²) in [6, 6.07) is 7.39. The summed E-state index contributed by atoms with van der Waals surface area (Å²) in [5.41, 5.74) is 5.39. The molecule has 0 amide bonds. The molecule has 0 radical (unpaired) electrons. The second kappa shape index (κ2) is 10.3. The lowest BCUT2D eigenvalue weighted by atomic mass is 9.98. The van der Waals surface area contributed by atoms with E-state index in [1.165, 1.54) is 37.8 Å². The summed E-state index contributed by atoms with van der Waals surface area (Å²) in [6.45, 7) is 14.6. The van der Waals surface area contributed by atoms with E-state index in [2.05, 4.69) is 23.4 Å². The third-order valence-corrected chi connectivity index (χ3v) is 7.77. The topological polar surface area (TPSA) is 47.7 Å². The quantitative estimate of drug-likeness (QED) is 0.316. The number of aryl methyl sites for hydroxylation is 2. The summed E-state index contributed by atoms with van der Waals surface area (Å²) in [7, 11) is 0. The molecule has 36 heavy (non-hydrogen) atoms. The van der Waals surface area contributed by atoms with Crippen molar-refractivity contribution in [1.82, 2.24) is 9.88 Å². The third kappa shape index (κ3) is 4.88. The van der Waals surface area contributed by atoms with Gasteiger partial charge in [-0.3, -0.25) is 4.90 Å². The minimum atomic E-state index is -0.221. The van der Waals surface area contributed by atoms with Gasteiger partial charge in [0.2, 0.25) is 11.3 Å². The van der Waals surface area contributed by atoms with Crippen molar-refractivity contribution in [3.05, 3.63) is 59.2 Å². The normalized spacial score (nSPS) is 17.9. The van der Waals surface area contributed by atoms with Gasteiger partial charge in [0.05, 0.1) is 6.61 Å². The van der Waals surface area contributed by atoms with Gasteiger partial charge in [-0.15, -0.1) is 0 Å². The van der Waals surface area contributed by atoms with Crippen LogP contribution in [-0.4, -0.2) is 41.7 Å². The molecule has 1 atom stereocenters. The van der Waals surface area contributed by atoms with Gasteiger partial charge in [0.1, 0.15) is 17.4 Å². The van der Waals surface area contributed by atoms with Crippen molar-refractivity contribution in [3.63, 3.8) is 0 Å². The summed E-state index contributed by atoms with van der Waals surface area (Å²) in [4.78, 5) is 7.20. The number of allylic oxidation sites excluding steroid dienone is 1. The van der Waals surface area contributed by atoms with Crippen LogP contribution < -0.4 is 9.47 Å². The average molecular weight is 493 g/mol. The predicted octanol–water partition coefficient (Wildman–Crippen LogP) is 7.20. The lowest BCUT2D eigenvalue weighted by Gasteiger charge is -2.43. The van der Waals surface area contributed by atoms with E-state index in [9.17, 15) is 4.39 Å². The van der Waals surface area contributed by atoms with Gasteiger partial charge < -0.3 is 13.9 Å². The standard InChI is InChI=1S/C30H37FN2O3/c1-18(2)26-20(4)27-29(35-21(5)32-27)30(34-15-14-19(3)22-10-12-23(31)13-11-22)28(26)36-25-16-33(17-25)24-8-6-7-9-24/h10-13,19,24-25H,1,6-9,14-17H2,2-5H3. The third-order valence-electron chi connectivity index (χ3n) is 7.77. The molecule has 1 saturated heterocycles. The van der Waals surface area contributed by atoms with Crippen LogP contribution >= 0.6 is 0 Å². The average Bonchev–Trinajstić information content (AvgIpc) is 3.47. The molecule has 0 N–H and O–H groups in total. The smallest absolute Gasteiger partial charge is 0.207 e. The van der Waals surface area contributed by atoms with Gasteiger partial charge in [0, 0.05) is 31.6 Å². The zero-order valence-electron chi connectivity index (χ0n) is 21.9. The Balaban J connectivity index is 1.40. The highest BCUT2D eigenvalue weighted by atomic mass is 19.1. The Kier molecular flexibility index (Phi) is 7.07. The van der Waals surface area contributed by atoms with Crippen LogP contribution in [0.2, 0.25) is 0 Å². The maximum Gasteiger partial charge on any atom is 0.207 e. The molecule has 1 saturated carbocycles. The largest absolute Gasteiger partial charge is 0.486 e. The first-order chi connectivity index (χ1) is 17.3. The number of hydrogen-bond acceptors (Lipinski definition) is 5. The van der Waals surface area contributed by atoms with Crippen LogP contribution in [0.5, 0.6) is 11.5 Å². The van der Waals surface area contributed by atoms with Crippen molar-refractivity contribution < 1.29 is 18.3 Å². The molecule has 0 spiro atoms. The molecule has 3 aromatic rings. The maximum absolute atomic E-state index is 13.3. The van der Waals surface area contributed by atoms with E-state index in [1.54, 1.807) is 0 Å². The molecule has 6 heteroatoms. The molecule has 2 aromatic carbocycles. The first-order valence-electron chi connectivity index (χ1n) is 13.2. The van der Waals surface area contributed by atoms with E-state index >= 15 is 0 Å². The monoisotopic (exact) mass is 492 g/mol. The van der Waals surface area contributed by atoms with Crippen molar-refractivity contribution in [2.45, 2.75) is 77.9 Å². The highest BCUT2D eigenvalue weighted by Gasteiger charge is 2.37. The molecule has 1 aliphatic carbocycles. The van der Waals surface area contributed by atoms with Gasteiger partial charge in [-0.25, -0.2) is 9.37 Å². The van der Waals surface area contributed by atoms with Gasteiger partial charge in [0.25, 0.3) is 0 Å². The SMILES string of the molecule is C=C(C)c1c(OC2CN(C3CCCC3)C2)c(OCCC(C)c2ccc(F)cc2)c2oc(C)nc2c1C. The highest BCUT2D eigenvalue weighted by Crippen LogP contribution is 2.46. The lowest BCUT2D eigenvalue weighted by molar-refractivity contribution is -0.00887. The zero-order valence-corrected chi connectivity index (χ0v) is 21.9. The van der Waals surface area contributed by atoms with Crippen molar-refractivity contribution in [2.75, 3.05) is 19.7 Å². The van der Waals surface area contributed by atoms with E-state index in [4.69, 9.17) is 13.9 Å². The number of hydrogen-bond donors (Lipinski definition) is 0. The number of nitrogens with zero attached hydrogens (tertiary/aromatic N) is 2. The molecule has 1 aliphatic heterocycles. The number of fused-ring (bicyclic) bond motifs is 1. The first-order valence-corrected chi connectivity index (χ1v) is 13.2. The maximum atomic E-state index is 13.3. The molecule has 2 fully saturated rings. The number of ether oxygens (including phenoxy) is 2. The number of rotatable bonds is 9. The summed E-state index contributed by atoms with van der Waals surface area (Å²) >= 11 is 0. The van der Waals surface area contributed by atoms with Gasteiger partial charge in [-0.2, -0.15) is 0 Å². The molecule has 5 rings (SSSR count).